The number of unbranched alkanes of at least 4 members (excludes halogenated alkanes) is 5. The summed E-state index contributed by atoms with van der Waals surface area (Å²) in [6.45, 7) is 18.2. The van der Waals surface area contributed by atoms with Crippen LogP contribution in [0.3, 0.4) is 0 Å². The molecule has 2 unspecified atom stereocenters. The largest absolute Gasteiger partial charge is 0.343 e. The van der Waals surface area contributed by atoms with Gasteiger partial charge in [0.2, 0.25) is 11.8 Å². The lowest BCUT2D eigenvalue weighted by molar-refractivity contribution is -0.137. The quantitative estimate of drug-likeness (QED) is 0.326. The van der Waals surface area contributed by atoms with Gasteiger partial charge in [-0.05, 0) is 92.4 Å². The molecule has 0 bridgehead atoms. The van der Waals surface area contributed by atoms with Gasteiger partial charge in [0.05, 0.1) is 11.8 Å². The molecule has 0 aromatic rings. The average molecular weight is 479 g/mol. The van der Waals surface area contributed by atoms with Crippen molar-refractivity contribution in [3.05, 3.63) is 0 Å². The molecule has 2 rings (SSSR count). The molecular formula is C28H54N4O2. The van der Waals surface area contributed by atoms with Gasteiger partial charge in [-0.15, -0.1) is 0 Å². The molecule has 6 nitrogen and oxygen atoms in total. The standard InChI is InChI=1S/C28H54N4O2/c1-5-31(6-2)27(33)25-17-15-21-29(23-25)19-13-11-9-10-12-14-20-30-22-16-18-26(24-30)28(34)32(7-3)8-4/h25-26H,5-24H2,1-4H3. The zero-order valence-corrected chi connectivity index (χ0v) is 22.9. The second kappa shape index (κ2) is 16.5. The molecule has 2 heterocycles. The lowest BCUT2D eigenvalue weighted by Crippen LogP contribution is -2.45. The van der Waals surface area contributed by atoms with E-state index in [0.717, 1.165) is 91.1 Å². The maximum atomic E-state index is 12.7. The van der Waals surface area contributed by atoms with Crippen molar-refractivity contribution in [1.29, 1.82) is 0 Å². The Hall–Kier alpha value is -1.14. The van der Waals surface area contributed by atoms with Gasteiger partial charge in [0.15, 0.2) is 0 Å². The molecule has 2 aliphatic heterocycles. The van der Waals surface area contributed by atoms with E-state index in [2.05, 4.69) is 37.5 Å². The summed E-state index contributed by atoms with van der Waals surface area (Å²) in [6.07, 6.45) is 12.2. The predicted octanol–water partition coefficient (Wildman–Crippen LogP) is 4.49. The van der Waals surface area contributed by atoms with Gasteiger partial charge >= 0.3 is 0 Å². The Kier molecular flexibility index (Phi) is 14.1. The van der Waals surface area contributed by atoms with E-state index in [4.69, 9.17) is 0 Å². The van der Waals surface area contributed by atoms with Crippen molar-refractivity contribution >= 4 is 11.8 Å². The predicted molar refractivity (Wildman–Crippen MR) is 142 cm³/mol. The highest BCUT2D eigenvalue weighted by atomic mass is 16.2. The van der Waals surface area contributed by atoms with Crippen LogP contribution in [0.15, 0.2) is 0 Å². The van der Waals surface area contributed by atoms with Gasteiger partial charge in [0.25, 0.3) is 0 Å². The van der Waals surface area contributed by atoms with E-state index in [-0.39, 0.29) is 11.8 Å². The second-order valence-electron chi connectivity index (χ2n) is 10.4. The fraction of sp³-hybridized carbons (Fsp3) is 0.929. The molecular weight excluding hydrogens is 424 g/mol. The van der Waals surface area contributed by atoms with Gasteiger partial charge in [0.1, 0.15) is 0 Å². The first-order chi connectivity index (χ1) is 16.5. The van der Waals surface area contributed by atoms with Crippen molar-refractivity contribution in [2.24, 2.45) is 11.8 Å². The van der Waals surface area contributed by atoms with Crippen LogP contribution in [0.25, 0.3) is 0 Å². The molecule has 0 N–H and O–H groups in total. The summed E-state index contributed by atoms with van der Waals surface area (Å²) >= 11 is 0. The Bertz CT molecular complexity index is 527. The average Bonchev–Trinajstić information content (AvgIpc) is 2.87. The minimum absolute atomic E-state index is 0.213. The van der Waals surface area contributed by atoms with E-state index >= 15 is 0 Å². The Morgan fingerprint density at radius 3 is 1.32 bits per heavy atom. The highest BCUT2D eigenvalue weighted by Gasteiger charge is 2.29. The van der Waals surface area contributed by atoms with E-state index in [0.29, 0.717) is 11.8 Å². The molecule has 0 spiro atoms. The number of carbonyl (C=O) groups excluding carboxylic acids is 2. The third kappa shape index (κ3) is 9.49. The topological polar surface area (TPSA) is 47.1 Å². The summed E-state index contributed by atoms with van der Waals surface area (Å²) in [6, 6.07) is 0. The summed E-state index contributed by atoms with van der Waals surface area (Å²) < 4.78 is 0. The Balaban J connectivity index is 1.52. The van der Waals surface area contributed by atoms with Crippen LogP contribution in [-0.4, -0.2) is 96.9 Å². The molecule has 2 amide bonds. The molecule has 2 aliphatic rings. The van der Waals surface area contributed by atoms with Gasteiger partial charge in [-0.25, -0.2) is 0 Å². The van der Waals surface area contributed by atoms with Crippen LogP contribution in [-0.2, 0) is 9.59 Å². The molecule has 198 valence electrons. The first-order valence-corrected chi connectivity index (χ1v) is 14.6. The first-order valence-electron chi connectivity index (χ1n) is 14.6. The lowest BCUT2D eigenvalue weighted by Gasteiger charge is -2.34. The van der Waals surface area contributed by atoms with Crippen molar-refractivity contribution in [3.63, 3.8) is 0 Å². The minimum Gasteiger partial charge on any atom is -0.343 e. The van der Waals surface area contributed by atoms with Gasteiger partial charge in [-0.1, -0.05) is 25.7 Å². The molecule has 0 saturated carbocycles. The van der Waals surface area contributed by atoms with Gasteiger partial charge < -0.3 is 19.6 Å². The smallest absolute Gasteiger partial charge is 0.226 e. The summed E-state index contributed by atoms with van der Waals surface area (Å²) in [4.78, 5) is 34.4. The number of rotatable bonds is 15. The maximum absolute atomic E-state index is 12.7. The van der Waals surface area contributed by atoms with Crippen LogP contribution in [0.2, 0.25) is 0 Å². The molecule has 0 aromatic heterocycles. The van der Waals surface area contributed by atoms with Gasteiger partial charge in [-0.2, -0.15) is 0 Å². The normalized spacial score (nSPS) is 22.0. The number of piperidine rings is 2. The Labute approximate surface area is 210 Å². The van der Waals surface area contributed by atoms with Gasteiger partial charge in [-0.3, -0.25) is 9.59 Å². The van der Waals surface area contributed by atoms with Crippen LogP contribution in [0.4, 0.5) is 0 Å². The second-order valence-corrected chi connectivity index (χ2v) is 10.4. The van der Waals surface area contributed by atoms with Gasteiger partial charge in [0, 0.05) is 39.3 Å². The lowest BCUT2D eigenvalue weighted by atomic mass is 9.96. The van der Waals surface area contributed by atoms with Crippen LogP contribution < -0.4 is 0 Å². The van der Waals surface area contributed by atoms with E-state index < -0.39 is 0 Å². The fourth-order valence-electron chi connectivity index (χ4n) is 5.89. The summed E-state index contributed by atoms with van der Waals surface area (Å²) in [7, 11) is 0. The SMILES string of the molecule is CCN(CC)C(=O)C1CCCN(CCCCCCCCN2CCCC(C(=O)N(CC)CC)C2)C1. The molecule has 0 aliphatic carbocycles. The van der Waals surface area contributed by atoms with Crippen LogP contribution in [0.5, 0.6) is 0 Å². The number of likely N-dealkylation sites (tertiary alicyclic amines) is 2. The third-order valence-corrected chi connectivity index (χ3v) is 8.06. The Morgan fingerprint density at radius 1 is 0.618 bits per heavy atom. The zero-order chi connectivity index (χ0) is 24.8. The van der Waals surface area contributed by atoms with Crippen molar-refractivity contribution in [2.75, 3.05) is 65.4 Å². The number of carbonyl (C=O) groups is 2. The van der Waals surface area contributed by atoms with Crippen LogP contribution in [0.1, 0.15) is 91.9 Å². The summed E-state index contributed by atoms with van der Waals surface area (Å²) in [5, 5.41) is 0. The van der Waals surface area contributed by atoms with Crippen molar-refractivity contribution in [2.45, 2.75) is 91.9 Å². The maximum Gasteiger partial charge on any atom is 0.226 e. The fourth-order valence-corrected chi connectivity index (χ4v) is 5.89. The van der Waals surface area contributed by atoms with Crippen molar-refractivity contribution in [1.82, 2.24) is 19.6 Å². The number of nitrogens with zero attached hydrogens (tertiary/aromatic N) is 4. The van der Waals surface area contributed by atoms with E-state index in [9.17, 15) is 9.59 Å². The molecule has 2 fully saturated rings. The molecule has 6 heteroatoms. The van der Waals surface area contributed by atoms with E-state index in [1.807, 2.05) is 9.80 Å². The van der Waals surface area contributed by atoms with Crippen LogP contribution >= 0.6 is 0 Å². The number of amides is 2. The third-order valence-electron chi connectivity index (χ3n) is 8.06. The summed E-state index contributed by atoms with van der Waals surface area (Å²) in [5.41, 5.74) is 0. The monoisotopic (exact) mass is 478 g/mol. The molecule has 34 heavy (non-hydrogen) atoms. The Morgan fingerprint density at radius 2 is 0.971 bits per heavy atom. The van der Waals surface area contributed by atoms with Crippen molar-refractivity contribution < 1.29 is 9.59 Å². The minimum atomic E-state index is 0.213. The first kappa shape index (κ1) is 29.1. The van der Waals surface area contributed by atoms with Crippen LogP contribution in [0, 0.1) is 11.8 Å². The van der Waals surface area contributed by atoms with E-state index in [1.165, 1.54) is 38.5 Å². The highest BCUT2D eigenvalue weighted by Crippen LogP contribution is 2.21. The molecule has 0 radical (unpaired) electrons. The highest BCUT2D eigenvalue weighted by molar-refractivity contribution is 5.79. The van der Waals surface area contributed by atoms with Crippen molar-refractivity contribution in [3.8, 4) is 0 Å². The molecule has 0 aromatic carbocycles. The number of hydrogen-bond donors (Lipinski definition) is 0. The molecule has 2 atom stereocenters. The van der Waals surface area contributed by atoms with E-state index in [1.54, 1.807) is 0 Å². The zero-order valence-electron chi connectivity index (χ0n) is 22.9. The number of hydrogen-bond acceptors (Lipinski definition) is 4. The summed E-state index contributed by atoms with van der Waals surface area (Å²) in [5.74, 6) is 1.16. The molecule has 2 saturated heterocycles.